The number of carboxylic acids is 1. The Morgan fingerprint density at radius 2 is 1.81 bits per heavy atom. The number of hydrogen-bond acceptors (Lipinski definition) is 6. The second-order valence-electron chi connectivity index (χ2n) is 9.97. The molecule has 2 fully saturated rings. The summed E-state index contributed by atoms with van der Waals surface area (Å²) in [6.07, 6.45) is 2.83. The third kappa shape index (κ3) is 5.02. The highest BCUT2D eigenvalue weighted by molar-refractivity contribution is 5.76. The molecule has 0 radical (unpaired) electrons. The van der Waals surface area contributed by atoms with E-state index in [1.165, 1.54) is 0 Å². The van der Waals surface area contributed by atoms with Crippen LogP contribution in [0.25, 0.3) is 22.6 Å². The van der Waals surface area contributed by atoms with E-state index in [9.17, 15) is 23.1 Å². The first-order valence-corrected chi connectivity index (χ1v) is 12.1. The summed E-state index contributed by atoms with van der Waals surface area (Å²) in [4.78, 5) is 29.2. The van der Waals surface area contributed by atoms with Gasteiger partial charge in [-0.15, -0.1) is 0 Å². The van der Waals surface area contributed by atoms with Crippen molar-refractivity contribution in [3.05, 3.63) is 36.2 Å². The summed E-state index contributed by atoms with van der Waals surface area (Å²) < 4.78 is 45.1. The van der Waals surface area contributed by atoms with E-state index < -0.39 is 23.1 Å². The zero-order valence-electron chi connectivity index (χ0n) is 19.9. The topological polar surface area (TPSA) is 104 Å². The van der Waals surface area contributed by atoms with Gasteiger partial charge in [0, 0.05) is 31.0 Å². The number of imidazole rings is 1. The van der Waals surface area contributed by atoms with Crippen molar-refractivity contribution in [3.8, 4) is 11.4 Å². The average Bonchev–Trinajstić information content (AvgIpc) is 3.29. The number of anilines is 1. The van der Waals surface area contributed by atoms with Gasteiger partial charge in [-0.1, -0.05) is 0 Å². The van der Waals surface area contributed by atoms with Gasteiger partial charge in [-0.2, -0.15) is 13.2 Å². The fourth-order valence-corrected chi connectivity index (χ4v) is 4.98. The first-order valence-electron chi connectivity index (χ1n) is 12.1. The molecule has 8 nitrogen and oxygen atoms in total. The van der Waals surface area contributed by atoms with Gasteiger partial charge in [-0.3, -0.25) is 4.79 Å². The van der Waals surface area contributed by atoms with Crippen LogP contribution in [0.2, 0.25) is 0 Å². The van der Waals surface area contributed by atoms with Crippen LogP contribution in [0, 0.1) is 5.41 Å². The highest BCUT2D eigenvalue weighted by Crippen LogP contribution is 2.38. The average molecular weight is 504 g/mol. The number of fused-ring (bicyclic) bond motifs is 1. The van der Waals surface area contributed by atoms with Crippen LogP contribution < -0.4 is 4.90 Å². The van der Waals surface area contributed by atoms with Gasteiger partial charge < -0.3 is 19.7 Å². The van der Waals surface area contributed by atoms with E-state index in [1.807, 2.05) is 19.1 Å². The van der Waals surface area contributed by atoms with Crippen molar-refractivity contribution in [2.45, 2.75) is 63.8 Å². The monoisotopic (exact) mass is 503 g/mol. The van der Waals surface area contributed by atoms with E-state index in [-0.39, 0.29) is 23.4 Å². The molecule has 0 bridgehead atoms. The van der Waals surface area contributed by atoms with Gasteiger partial charge in [0.15, 0.2) is 5.65 Å². The molecule has 11 heteroatoms. The van der Waals surface area contributed by atoms with Gasteiger partial charge in [0.1, 0.15) is 11.6 Å². The molecule has 4 heterocycles. The minimum atomic E-state index is -4.47. The molecule has 192 valence electrons. The first-order chi connectivity index (χ1) is 17.1. The maximum Gasteiger partial charge on any atom is 0.417 e. The third-order valence-electron chi connectivity index (χ3n) is 7.39. The van der Waals surface area contributed by atoms with Crippen molar-refractivity contribution in [1.29, 1.82) is 0 Å². The molecule has 36 heavy (non-hydrogen) atoms. The molecule has 3 aromatic rings. The van der Waals surface area contributed by atoms with Crippen molar-refractivity contribution in [3.63, 3.8) is 0 Å². The number of nitrogens with zero attached hydrogens (tertiary/aromatic N) is 4. The lowest BCUT2D eigenvalue weighted by atomic mass is 9.75. The predicted molar refractivity (Wildman–Crippen MR) is 126 cm³/mol. The number of carbonyl (C=O) groups is 1. The van der Waals surface area contributed by atoms with E-state index in [2.05, 4.69) is 24.8 Å². The molecule has 3 aromatic heterocycles. The normalized spacial score (nSPS) is 23.8. The molecule has 0 spiro atoms. The maximum absolute atomic E-state index is 12.9. The van der Waals surface area contributed by atoms with Crippen molar-refractivity contribution in [2.75, 3.05) is 18.0 Å². The van der Waals surface area contributed by atoms with Gasteiger partial charge in [-0.25, -0.2) is 15.0 Å². The Hall–Kier alpha value is -3.21. The van der Waals surface area contributed by atoms with Crippen LogP contribution in [-0.4, -0.2) is 56.3 Å². The Morgan fingerprint density at radius 1 is 1.11 bits per heavy atom. The van der Waals surface area contributed by atoms with Gasteiger partial charge in [0.05, 0.1) is 28.7 Å². The lowest BCUT2D eigenvalue weighted by Gasteiger charge is -2.38. The van der Waals surface area contributed by atoms with Crippen molar-refractivity contribution < 1.29 is 27.8 Å². The number of nitrogens with one attached hydrogen (secondary N) is 1. The molecule has 2 N–H and O–H groups in total. The number of rotatable bonds is 5. The van der Waals surface area contributed by atoms with Crippen molar-refractivity contribution >= 4 is 23.0 Å². The van der Waals surface area contributed by atoms with Gasteiger partial charge in [0.2, 0.25) is 0 Å². The summed E-state index contributed by atoms with van der Waals surface area (Å²) >= 11 is 0. The fourth-order valence-electron chi connectivity index (χ4n) is 4.98. The summed E-state index contributed by atoms with van der Waals surface area (Å²) in [5.41, 5.74) is -0.361. The molecular formula is C25H28F3N5O3. The second kappa shape index (κ2) is 9.34. The lowest BCUT2D eigenvalue weighted by Crippen LogP contribution is -2.41. The van der Waals surface area contributed by atoms with E-state index in [0.29, 0.717) is 24.2 Å². The smallest absolute Gasteiger partial charge is 0.417 e. The minimum Gasteiger partial charge on any atom is -0.481 e. The summed E-state index contributed by atoms with van der Waals surface area (Å²) in [7, 11) is 0. The lowest BCUT2D eigenvalue weighted by molar-refractivity contribution is -0.152. The maximum atomic E-state index is 12.9. The Kier molecular flexibility index (Phi) is 6.36. The molecule has 2 aliphatic rings. The number of hydrogen-bond donors (Lipinski definition) is 2. The number of alkyl halides is 3. The summed E-state index contributed by atoms with van der Waals surface area (Å²) in [6.45, 7) is 3.41. The Labute approximate surface area is 205 Å². The molecule has 0 amide bonds. The number of H-pyrrole nitrogens is 1. The number of piperidine rings is 1. The largest absolute Gasteiger partial charge is 0.481 e. The van der Waals surface area contributed by atoms with Crippen molar-refractivity contribution in [2.24, 2.45) is 5.41 Å². The highest BCUT2D eigenvalue weighted by atomic mass is 19.4. The van der Waals surface area contributed by atoms with Gasteiger partial charge in [-0.05, 0) is 63.6 Å². The van der Waals surface area contributed by atoms with Crippen LogP contribution >= 0.6 is 0 Å². The molecule has 1 saturated heterocycles. The van der Waals surface area contributed by atoms with Crippen molar-refractivity contribution in [1.82, 2.24) is 19.9 Å². The van der Waals surface area contributed by atoms with Crippen LogP contribution in [0.4, 0.5) is 19.0 Å². The molecule has 1 aliphatic carbocycles. The number of aliphatic carboxylic acids is 1. The Morgan fingerprint density at radius 3 is 2.42 bits per heavy atom. The highest BCUT2D eigenvalue weighted by Gasteiger charge is 2.38. The third-order valence-corrected chi connectivity index (χ3v) is 7.39. The molecule has 5 rings (SSSR count). The summed E-state index contributed by atoms with van der Waals surface area (Å²) in [5, 5.41) is 9.40. The van der Waals surface area contributed by atoms with Crippen LogP contribution in [-0.2, 0) is 15.7 Å². The number of halogens is 3. The number of ether oxygens (including phenoxy) is 1. The second-order valence-corrected chi connectivity index (χ2v) is 9.97. The van der Waals surface area contributed by atoms with E-state index in [1.54, 1.807) is 6.20 Å². The van der Waals surface area contributed by atoms with E-state index in [4.69, 9.17) is 4.74 Å². The molecule has 0 atom stereocenters. The zero-order chi connectivity index (χ0) is 25.5. The predicted octanol–water partition coefficient (Wildman–Crippen LogP) is 5.06. The van der Waals surface area contributed by atoms with Crippen LogP contribution in [0.3, 0.4) is 0 Å². The van der Waals surface area contributed by atoms with Gasteiger partial charge >= 0.3 is 12.1 Å². The number of pyridine rings is 2. The SMILES string of the molecule is CC1(C(=O)O)CCC(OC2CCN(c3ccc(-c4nc5ncc(C(F)(F)F)cc5[nH]4)cn3)CC2)CC1. The fraction of sp³-hybridized carbons (Fsp3) is 0.520. The minimum absolute atomic E-state index is 0.122. The number of carboxylic acid groups (broad SMARTS) is 1. The Bertz CT molecular complexity index is 1230. The van der Waals surface area contributed by atoms with Crippen LogP contribution in [0.1, 0.15) is 51.0 Å². The van der Waals surface area contributed by atoms with Crippen LogP contribution in [0.5, 0.6) is 0 Å². The number of aromatic nitrogens is 4. The summed E-state index contributed by atoms with van der Waals surface area (Å²) in [6, 6.07) is 4.73. The quantitative estimate of drug-likeness (QED) is 0.502. The molecule has 1 aliphatic heterocycles. The standard InChI is InChI=1S/C25H28F3N5O3/c1-24(23(34)35)8-4-17(5-9-24)36-18-6-10-33(11-7-18)20-3-2-15(13-29-20)21-31-19-12-16(25(26,27)28)14-30-22(19)32-21/h2-3,12-14,17-18H,4-11H2,1H3,(H,34,35)(H,30,31,32). The molecular weight excluding hydrogens is 475 g/mol. The van der Waals surface area contributed by atoms with Gasteiger partial charge in [0.25, 0.3) is 0 Å². The Balaban J connectivity index is 1.16. The van der Waals surface area contributed by atoms with E-state index >= 15 is 0 Å². The van der Waals surface area contributed by atoms with E-state index in [0.717, 1.165) is 56.9 Å². The molecule has 0 unspecified atom stereocenters. The zero-order valence-corrected chi connectivity index (χ0v) is 19.9. The first kappa shape index (κ1) is 24.5. The van der Waals surface area contributed by atoms with Crippen LogP contribution in [0.15, 0.2) is 30.6 Å². The number of aromatic amines is 1. The molecule has 1 saturated carbocycles. The molecule has 0 aromatic carbocycles. The summed E-state index contributed by atoms with van der Waals surface area (Å²) in [5.74, 6) is 0.510.